The Morgan fingerprint density at radius 1 is 1.43 bits per heavy atom. The molecule has 14 heavy (non-hydrogen) atoms. The van der Waals surface area contributed by atoms with Crippen molar-refractivity contribution in [3.63, 3.8) is 0 Å². The Kier molecular flexibility index (Phi) is 6.82. The summed E-state index contributed by atoms with van der Waals surface area (Å²) in [5, 5.41) is 1.15. The van der Waals surface area contributed by atoms with E-state index in [2.05, 4.69) is 27.8 Å². The van der Waals surface area contributed by atoms with E-state index < -0.39 is 0 Å². The van der Waals surface area contributed by atoms with Gasteiger partial charge in [0, 0.05) is 25.0 Å². The van der Waals surface area contributed by atoms with Crippen LogP contribution in [0.15, 0.2) is 0 Å². The lowest BCUT2D eigenvalue weighted by Gasteiger charge is -2.15. The number of likely N-dealkylation sites (tertiary alicyclic amines) is 1. The minimum Gasteiger partial charge on any atom is -0.380 e. The van der Waals surface area contributed by atoms with Crippen LogP contribution in [0.3, 0.4) is 0 Å². The molecule has 1 unspecified atom stereocenters. The molecule has 0 N–H and O–H groups in total. The van der Waals surface area contributed by atoms with Crippen molar-refractivity contribution in [3.8, 4) is 0 Å². The van der Waals surface area contributed by atoms with Crippen LogP contribution < -0.4 is 0 Å². The van der Waals surface area contributed by atoms with Gasteiger partial charge in [0.1, 0.15) is 0 Å². The molecule has 1 atom stereocenters. The largest absolute Gasteiger partial charge is 0.380 e. The molecular formula is C11H22BrNO. The highest BCUT2D eigenvalue weighted by atomic mass is 79.9. The second-order valence-corrected chi connectivity index (χ2v) is 4.84. The predicted molar refractivity (Wildman–Crippen MR) is 64.1 cm³/mol. The van der Waals surface area contributed by atoms with Crippen LogP contribution in [0.1, 0.15) is 26.2 Å². The molecule has 0 amide bonds. The molecule has 1 saturated heterocycles. The number of nitrogens with zero attached hydrogens (tertiary/aromatic N) is 1. The standard InChI is InChI=1S/C11H22BrNO/c1-2-8-14-9-7-13-6-4-11(10-13)3-5-12/h11H,2-10H2,1H3. The van der Waals surface area contributed by atoms with E-state index in [1.807, 2.05) is 0 Å². The number of halogens is 1. The number of hydrogen-bond donors (Lipinski definition) is 0. The number of alkyl halides is 1. The lowest BCUT2D eigenvalue weighted by molar-refractivity contribution is 0.110. The topological polar surface area (TPSA) is 12.5 Å². The summed E-state index contributed by atoms with van der Waals surface area (Å²) >= 11 is 3.51. The SMILES string of the molecule is CCCOCCN1CCC(CCBr)C1. The lowest BCUT2D eigenvalue weighted by atomic mass is 10.1. The Morgan fingerprint density at radius 3 is 3.00 bits per heavy atom. The van der Waals surface area contributed by atoms with Crippen LogP contribution in [0.25, 0.3) is 0 Å². The first-order valence-corrected chi connectivity index (χ1v) is 6.85. The zero-order chi connectivity index (χ0) is 10.2. The molecule has 2 nitrogen and oxygen atoms in total. The third kappa shape index (κ3) is 4.76. The van der Waals surface area contributed by atoms with E-state index >= 15 is 0 Å². The average molecular weight is 264 g/mol. The summed E-state index contributed by atoms with van der Waals surface area (Å²) in [4.78, 5) is 2.53. The second kappa shape index (κ2) is 7.66. The second-order valence-electron chi connectivity index (χ2n) is 4.05. The molecule has 0 spiro atoms. The molecule has 1 rings (SSSR count). The van der Waals surface area contributed by atoms with Crippen LogP contribution in [0.2, 0.25) is 0 Å². The van der Waals surface area contributed by atoms with Gasteiger partial charge in [0.2, 0.25) is 0 Å². The van der Waals surface area contributed by atoms with Gasteiger partial charge in [-0.25, -0.2) is 0 Å². The van der Waals surface area contributed by atoms with Crippen molar-refractivity contribution < 1.29 is 4.74 Å². The van der Waals surface area contributed by atoms with Crippen molar-refractivity contribution in [3.05, 3.63) is 0 Å². The van der Waals surface area contributed by atoms with Gasteiger partial charge in [-0.3, -0.25) is 0 Å². The fraction of sp³-hybridized carbons (Fsp3) is 1.00. The minimum absolute atomic E-state index is 0.912. The molecule has 84 valence electrons. The van der Waals surface area contributed by atoms with E-state index in [4.69, 9.17) is 4.74 Å². The van der Waals surface area contributed by atoms with Crippen LogP contribution in [0, 0.1) is 5.92 Å². The van der Waals surface area contributed by atoms with Crippen molar-refractivity contribution >= 4 is 15.9 Å². The van der Waals surface area contributed by atoms with Gasteiger partial charge in [-0.2, -0.15) is 0 Å². The Morgan fingerprint density at radius 2 is 2.29 bits per heavy atom. The van der Waals surface area contributed by atoms with Gasteiger partial charge >= 0.3 is 0 Å². The Balaban J connectivity index is 1.98. The first-order valence-electron chi connectivity index (χ1n) is 5.73. The number of hydrogen-bond acceptors (Lipinski definition) is 2. The summed E-state index contributed by atoms with van der Waals surface area (Å²) in [6.45, 7) is 7.66. The maximum Gasteiger partial charge on any atom is 0.0593 e. The van der Waals surface area contributed by atoms with E-state index in [-0.39, 0.29) is 0 Å². The summed E-state index contributed by atoms with van der Waals surface area (Å²) < 4.78 is 5.49. The average Bonchev–Trinajstić information content (AvgIpc) is 2.61. The highest BCUT2D eigenvalue weighted by Crippen LogP contribution is 2.19. The van der Waals surface area contributed by atoms with Gasteiger partial charge in [-0.15, -0.1) is 0 Å². The smallest absolute Gasteiger partial charge is 0.0593 e. The zero-order valence-corrected chi connectivity index (χ0v) is 10.8. The fourth-order valence-electron chi connectivity index (χ4n) is 1.95. The molecule has 1 heterocycles. The molecule has 1 aliphatic heterocycles. The van der Waals surface area contributed by atoms with Gasteiger partial charge in [0.15, 0.2) is 0 Å². The Hall–Kier alpha value is 0.400. The molecule has 0 radical (unpaired) electrons. The highest BCUT2D eigenvalue weighted by molar-refractivity contribution is 9.09. The fourth-order valence-corrected chi connectivity index (χ4v) is 2.59. The van der Waals surface area contributed by atoms with Gasteiger partial charge < -0.3 is 9.64 Å². The number of ether oxygens (including phenoxy) is 1. The van der Waals surface area contributed by atoms with Gasteiger partial charge in [0.05, 0.1) is 6.61 Å². The molecule has 0 saturated carbocycles. The van der Waals surface area contributed by atoms with Gasteiger partial charge in [-0.1, -0.05) is 22.9 Å². The van der Waals surface area contributed by atoms with E-state index in [9.17, 15) is 0 Å². The van der Waals surface area contributed by atoms with E-state index in [0.717, 1.165) is 37.4 Å². The van der Waals surface area contributed by atoms with E-state index in [1.54, 1.807) is 0 Å². The van der Waals surface area contributed by atoms with Crippen molar-refractivity contribution in [2.45, 2.75) is 26.2 Å². The summed E-state index contributed by atoms with van der Waals surface area (Å²) in [5.41, 5.74) is 0. The quantitative estimate of drug-likeness (QED) is 0.517. The van der Waals surface area contributed by atoms with Crippen molar-refractivity contribution in [2.24, 2.45) is 5.92 Å². The molecule has 1 fully saturated rings. The highest BCUT2D eigenvalue weighted by Gasteiger charge is 2.20. The summed E-state index contributed by atoms with van der Waals surface area (Å²) in [6.07, 6.45) is 3.83. The maximum absolute atomic E-state index is 5.49. The monoisotopic (exact) mass is 263 g/mol. The Labute approximate surface area is 96.1 Å². The maximum atomic E-state index is 5.49. The third-order valence-electron chi connectivity index (χ3n) is 2.79. The number of rotatable bonds is 7. The molecule has 0 aliphatic carbocycles. The zero-order valence-electron chi connectivity index (χ0n) is 9.17. The third-order valence-corrected chi connectivity index (χ3v) is 3.25. The van der Waals surface area contributed by atoms with E-state index in [0.29, 0.717) is 0 Å². The molecule has 0 aromatic rings. The van der Waals surface area contributed by atoms with Crippen LogP contribution in [0.4, 0.5) is 0 Å². The molecule has 0 aromatic carbocycles. The molecule has 0 aromatic heterocycles. The Bertz CT molecular complexity index is 143. The summed E-state index contributed by atoms with van der Waals surface area (Å²) in [7, 11) is 0. The normalized spacial score (nSPS) is 23.1. The molecule has 0 bridgehead atoms. The van der Waals surface area contributed by atoms with Crippen LogP contribution in [-0.2, 0) is 4.74 Å². The summed E-state index contributed by atoms with van der Waals surface area (Å²) in [5.74, 6) is 0.917. The van der Waals surface area contributed by atoms with Crippen LogP contribution in [-0.4, -0.2) is 43.1 Å². The predicted octanol–water partition coefficient (Wildman–Crippen LogP) is 2.52. The minimum atomic E-state index is 0.912. The van der Waals surface area contributed by atoms with Crippen LogP contribution in [0.5, 0.6) is 0 Å². The van der Waals surface area contributed by atoms with E-state index in [1.165, 1.54) is 25.9 Å². The first kappa shape index (κ1) is 12.5. The first-order chi connectivity index (χ1) is 6.86. The summed E-state index contributed by atoms with van der Waals surface area (Å²) in [6, 6.07) is 0. The van der Waals surface area contributed by atoms with Gasteiger partial charge in [0.25, 0.3) is 0 Å². The molecule has 1 aliphatic rings. The van der Waals surface area contributed by atoms with Crippen molar-refractivity contribution in [1.82, 2.24) is 4.90 Å². The molecule has 3 heteroatoms. The molecular weight excluding hydrogens is 242 g/mol. The lowest BCUT2D eigenvalue weighted by Crippen LogP contribution is -2.25. The van der Waals surface area contributed by atoms with Crippen LogP contribution >= 0.6 is 15.9 Å². The van der Waals surface area contributed by atoms with Gasteiger partial charge in [-0.05, 0) is 31.7 Å². The van der Waals surface area contributed by atoms with Crippen molar-refractivity contribution in [1.29, 1.82) is 0 Å². The van der Waals surface area contributed by atoms with Crippen molar-refractivity contribution in [2.75, 3.05) is 38.2 Å².